The molecule has 0 amide bonds. The lowest BCUT2D eigenvalue weighted by molar-refractivity contribution is -0.131. The number of fused-ring (bicyclic) bond motifs is 1. The number of carboxylic acid groups (broad SMARTS) is 1. The molecule has 38 heavy (non-hydrogen) atoms. The second-order valence-electron chi connectivity index (χ2n) is 8.44. The number of nitrogens with zero attached hydrogens (tertiary/aromatic N) is 3. The summed E-state index contributed by atoms with van der Waals surface area (Å²) >= 11 is 7.08. The summed E-state index contributed by atoms with van der Waals surface area (Å²) in [6.07, 6.45) is 1.61. The van der Waals surface area contributed by atoms with Crippen LogP contribution in [-0.2, 0) is 17.9 Å². The Bertz CT molecular complexity index is 1620. The molecule has 0 aliphatic rings. The third-order valence-electron chi connectivity index (χ3n) is 6.02. The molecule has 0 atom stereocenters. The number of aromatic nitrogens is 3. The van der Waals surface area contributed by atoms with E-state index in [2.05, 4.69) is 28.4 Å². The van der Waals surface area contributed by atoms with Gasteiger partial charge in [-0.25, -0.2) is 4.79 Å². The number of benzene rings is 4. The van der Waals surface area contributed by atoms with Crippen LogP contribution < -0.4 is 4.74 Å². The summed E-state index contributed by atoms with van der Waals surface area (Å²) in [5, 5.41) is 22.0. The fourth-order valence-electron chi connectivity index (χ4n) is 4.14. The summed E-state index contributed by atoms with van der Waals surface area (Å²) in [6, 6.07) is 29.0. The van der Waals surface area contributed by atoms with Crippen LogP contribution in [0.25, 0.3) is 28.2 Å². The topological polar surface area (TPSA) is 77.2 Å². The molecule has 8 heteroatoms. The van der Waals surface area contributed by atoms with Gasteiger partial charge in [-0.2, -0.15) is 0 Å². The van der Waals surface area contributed by atoms with Gasteiger partial charge in [0.1, 0.15) is 17.3 Å². The third kappa shape index (κ3) is 5.59. The summed E-state index contributed by atoms with van der Waals surface area (Å²) in [4.78, 5) is 12.4. The molecule has 0 aliphatic heterocycles. The normalized spacial score (nSPS) is 11.6. The first-order valence-corrected chi connectivity index (χ1v) is 13.2. The lowest BCUT2D eigenvalue weighted by Gasteiger charge is -2.12. The SMILES string of the molecule is CCn1c(S/C(=C\c2ccccc2OCc2cccc3ccccc23)C(=O)O)nnc1-c1ccc(Cl)cc1. The number of aliphatic carboxylic acids is 1. The second-order valence-corrected chi connectivity index (χ2v) is 9.88. The van der Waals surface area contributed by atoms with Crippen molar-refractivity contribution in [2.24, 2.45) is 0 Å². The van der Waals surface area contributed by atoms with Crippen molar-refractivity contribution in [3.8, 4) is 17.1 Å². The molecule has 0 spiro atoms. The smallest absolute Gasteiger partial charge is 0.342 e. The van der Waals surface area contributed by atoms with Crippen LogP contribution in [0.3, 0.4) is 0 Å². The fraction of sp³-hybridized carbons (Fsp3) is 0.100. The maximum Gasteiger partial charge on any atom is 0.342 e. The minimum atomic E-state index is -1.06. The molecule has 0 fully saturated rings. The molecule has 1 N–H and O–H groups in total. The van der Waals surface area contributed by atoms with Crippen molar-refractivity contribution in [3.05, 3.63) is 112 Å². The van der Waals surface area contributed by atoms with Crippen LogP contribution in [0.2, 0.25) is 5.02 Å². The summed E-state index contributed by atoms with van der Waals surface area (Å²) < 4.78 is 8.07. The molecule has 5 rings (SSSR count). The van der Waals surface area contributed by atoms with Crippen molar-refractivity contribution >= 4 is 46.2 Å². The van der Waals surface area contributed by atoms with E-state index in [4.69, 9.17) is 16.3 Å². The Morgan fingerprint density at radius 2 is 1.71 bits per heavy atom. The van der Waals surface area contributed by atoms with Crippen LogP contribution in [0.4, 0.5) is 0 Å². The van der Waals surface area contributed by atoms with Gasteiger partial charge >= 0.3 is 5.97 Å². The van der Waals surface area contributed by atoms with Gasteiger partial charge in [-0.1, -0.05) is 72.3 Å². The van der Waals surface area contributed by atoms with E-state index in [-0.39, 0.29) is 4.91 Å². The highest BCUT2D eigenvalue weighted by Gasteiger charge is 2.19. The Hall–Kier alpha value is -4.07. The van der Waals surface area contributed by atoms with Crippen molar-refractivity contribution in [2.75, 3.05) is 0 Å². The van der Waals surface area contributed by atoms with E-state index < -0.39 is 5.97 Å². The lowest BCUT2D eigenvalue weighted by atomic mass is 10.1. The van der Waals surface area contributed by atoms with E-state index in [1.807, 2.05) is 72.2 Å². The van der Waals surface area contributed by atoms with E-state index in [0.29, 0.717) is 40.5 Å². The largest absolute Gasteiger partial charge is 0.488 e. The molecular weight excluding hydrogens is 518 g/mol. The Balaban J connectivity index is 1.42. The number of rotatable bonds is 9. The standard InChI is InChI=1S/C30H24ClN3O3S/c1-2-34-28(21-14-16-24(31)17-15-21)32-33-30(34)38-27(29(35)36)18-22-9-4-6-13-26(22)37-19-23-11-7-10-20-8-3-5-12-25(20)23/h3-18H,2,19H2,1H3,(H,35,36)/b27-18-. The number of hydrogen-bond donors (Lipinski definition) is 1. The van der Waals surface area contributed by atoms with Crippen LogP contribution in [0.15, 0.2) is 101 Å². The van der Waals surface area contributed by atoms with Crippen molar-refractivity contribution in [1.82, 2.24) is 14.8 Å². The number of hydrogen-bond acceptors (Lipinski definition) is 5. The number of carboxylic acids is 1. The molecule has 4 aromatic carbocycles. The molecular formula is C30H24ClN3O3S. The van der Waals surface area contributed by atoms with Gasteiger partial charge in [-0.05, 0) is 71.4 Å². The van der Waals surface area contributed by atoms with Gasteiger partial charge in [-0.3, -0.25) is 0 Å². The Morgan fingerprint density at radius 3 is 2.50 bits per heavy atom. The first-order chi connectivity index (χ1) is 18.5. The van der Waals surface area contributed by atoms with E-state index in [0.717, 1.165) is 33.7 Å². The van der Waals surface area contributed by atoms with Gasteiger partial charge in [0.15, 0.2) is 11.0 Å². The number of para-hydroxylation sites is 1. The summed E-state index contributed by atoms with van der Waals surface area (Å²) in [5.41, 5.74) is 2.57. The molecule has 0 saturated carbocycles. The lowest BCUT2D eigenvalue weighted by Crippen LogP contribution is -2.03. The van der Waals surface area contributed by atoms with Gasteiger partial charge in [-0.15, -0.1) is 10.2 Å². The number of ether oxygens (including phenoxy) is 1. The maximum atomic E-state index is 12.3. The van der Waals surface area contributed by atoms with Crippen molar-refractivity contribution in [3.63, 3.8) is 0 Å². The molecule has 1 heterocycles. The van der Waals surface area contributed by atoms with Crippen LogP contribution in [0, 0.1) is 0 Å². The molecule has 0 bridgehead atoms. The van der Waals surface area contributed by atoms with Crippen molar-refractivity contribution < 1.29 is 14.6 Å². The highest BCUT2D eigenvalue weighted by Crippen LogP contribution is 2.33. The first kappa shape index (κ1) is 25.6. The minimum Gasteiger partial charge on any atom is -0.488 e. The highest BCUT2D eigenvalue weighted by atomic mass is 35.5. The number of thioether (sulfide) groups is 1. The quantitative estimate of drug-likeness (QED) is 0.153. The van der Waals surface area contributed by atoms with E-state index in [1.165, 1.54) is 0 Å². The van der Waals surface area contributed by atoms with E-state index in [9.17, 15) is 9.90 Å². The zero-order valence-electron chi connectivity index (χ0n) is 20.5. The number of halogens is 1. The molecule has 0 unspecified atom stereocenters. The van der Waals surface area contributed by atoms with Crippen LogP contribution >= 0.6 is 23.4 Å². The molecule has 1 aromatic heterocycles. The van der Waals surface area contributed by atoms with Crippen LogP contribution in [-0.4, -0.2) is 25.8 Å². The molecule has 0 saturated heterocycles. The van der Waals surface area contributed by atoms with Crippen molar-refractivity contribution in [1.29, 1.82) is 0 Å². The summed E-state index contributed by atoms with van der Waals surface area (Å²) in [5.74, 6) is 0.186. The highest BCUT2D eigenvalue weighted by molar-refractivity contribution is 8.04. The monoisotopic (exact) mass is 541 g/mol. The summed E-state index contributed by atoms with van der Waals surface area (Å²) in [6.45, 7) is 2.90. The Morgan fingerprint density at radius 1 is 0.974 bits per heavy atom. The molecule has 5 aromatic rings. The maximum absolute atomic E-state index is 12.3. The van der Waals surface area contributed by atoms with Crippen LogP contribution in [0.5, 0.6) is 5.75 Å². The van der Waals surface area contributed by atoms with Gasteiger partial charge in [0.25, 0.3) is 0 Å². The summed E-state index contributed by atoms with van der Waals surface area (Å²) in [7, 11) is 0. The van der Waals surface area contributed by atoms with Crippen LogP contribution in [0.1, 0.15) is 18.1 Å². The predicted molar refractivity (Wildman–Crippen MR) is 152 cm³/mol. The van der Waals surface area contributed by atoms with Gasteiger partial charge in [0, 0.05) is 22.7 Å². The molecule has 6 nitrogen and oxygen atoms in total. The molecule has 0 aliphatic carbocycles. The third-order valence-corrected chi connectivity index (χ3v) is 7.27. The molecule has 190 valence electrons. The van der Waals surface area contributed by atoms with Gasteiger partial charge < -0.3 is 14.4 Å². The first-order valence-electron chi connectivity index (χ1n) is 12.0. The average molecular weight is 542 g/mol. The zero-order chi connectivity index (χ0) is 26.5. The predicted octanol–water partition coefficient (Wildman–Crippen LogP) is 7.57. The number of carbonyl (C=O) groups is 1. The van der Waals surface area contributed by atoms with Gasteiger partial charge in [0.05, 0.1) is 0 Å². The second kappa shape index (κ2) is 11.5. The zero-order valence-corrected chi connectivity index (χ0v) is 22.1. The van der Waals surface area contributed by atoms with Gasteiger partial charge in [0.2, 0.25) is 0 Å². The fourth-order valence-corrected chi connectivity index (χ4v) is 5.14. The average Bonchev–Trinajstić information content (AvgIpc) is 3.35. The van der Waals surface area contributed by atoms with Crippen molar-refractivity contribution in [2.45, 2.75) is 25.2 Å². The molecule has 0 radical (unpaired) electrons. The van der Waals surface area contributed by atoms with E-state index in [1.54, 1.807) is 18.2 Å². The Labute approximate surface area is 229 Å². The van der Waals surface area contributed by atoms with E-state index >= 15 is 0 Å². The minimum absolute atomic E-state index is 0.107. The Kier molecular flexibility index (Phi) is 7.77.